The number of carbonyl (C=O) groups is 1. The zero-order chi connectivity index (χ0) is 23.8. The Morgan fingerprint density at radius 1 is 1.06 bits per heavy atom. The molecule has 0 bridgehead atoms. The molecule has 2 aromatic heterocycles. The highest BCUT2D eigenvalue weighted by Crippen LogP contribution is 2.34. The van der Waals surface area contributed by atoms with Gasteiger partial charge in [-0.15, -0.1) is 11.3 Å². The lowest BCUT2D eigenvalue weighted by Gasteiger charge is -2.14. The molecule has 7 nitrogen and oxygen atoms in total. The number of hydrogen-bond acceptors (Lipinski definition) is 5. The molecule has 0 fully saturated rings. The zero-order valence-electron chi connectivity index (χ0n) is 19.1. The molecule has 0 unspecified atom stereocenters. The topological polar surface area (TPSA) is 82.3 Å². The fraction of sp³-hybridized carbons (Fsp3) is 0.269. The Balaban J connectivity index is 1.67. The highest BCUT2D eigenvalue weighted by atomic mass is 32.1. The maximum absolute atomic E-state index is 13.6. The molecule has 174 valence electrons. The largest absolute Gasteiger partial charge is 0.497 e. The summed E-state index contributed by atoms with van der Waals surface area (Å²) in [5.41, 5.74) is 2.24. The van der Waals surface area contributed by atoms with Crippen molar-refractivity contribution >= 4 is 33.1 Å². The van der Waals surface area contributed by atoms with Gasteiger partial charge in [0.05, 0.1) is 18.2 Å². The summed E-state index contributed by atoms with van der Waals surface area (Å²) in [6, 6.07) is 14.3. The molecule has 0 saturated heterocycles. The first-order chi connectivity index (χ1) is 16.5. The summed E-state index contributed by atoms with van der Waals surface area (Å²) >= 11 is 1.47. The van der Waals surface area contributed by atoms with Gasteiger partial charge in [-0.1, -0.05) is 18.2 Å². The fourth-order valence-electron chi connectivity index (χ4n) is 4.51. The summed E-state index contributed by atoms with van der Waals surface area (Å²) < 4.78 is 7.83. The molecule has 0 atom stereocenters. The number of anilines is 1. The molecule has 0 aliphatic heterocycles. The van der Waals surface area contributed by atoms with Gasteiger partial charge in [0.2, 0.25) is 5.91 Å². The van der Waals surface area contributed by atoms with Crippen LogP contribution in [0.2, 0.25) is 0 Å². The maximum atomic E-state index is 13.6. The lowest BCUT2D eigenvalue weighted by molar-refractivity contribution is -0.116. The van der Waals surface area contributed by atoms with E-state index in [1.54, 1.807) is 31.4 Å². The monoisotopic (exact) mass is 475 g/mol. The van der Waals surface area contributed by atoms with Gasteiger partial charge in [-0.25, -0.2) is 9.36 Å². The van der Waals surface area contributed by atoms with Gasteiger partial charge in [0.15, 0.2) is 0 Å². The standard InChI is InChI=1S/C26H25N3O4S/c1-16-7-3-5-9-20(16)27-22(30)15-28-25-23(19-8-4-6-10-21(19)34-25)24(31)29(26(28)32)17-11-13-18(33-2)14-12-17/h3,5,7,9,11-14H,4,6,8,10,15H2,1-2H3,(H,27,30). The molecule has 1 N–H and O–H groups in total. The van der Waals surface area contributed by atoms with Gasteiger partial charge in [0.25, 0.3) is 5.56 Å². The SMILES string of the molecule is COc1ccc(-n2c(=O)c3c4c(sc3n(CC(=O)Nc3ccccc3C)c2=O)CCCC4)cc1. The molecule has 1 amide bonds. The summed E-state index contributed by atoms with van der Waals surface area (Å²) in [5.74, 6) is 0.313. The minimum atomic E-state index is -0.527. The molecule has 34 heavy (non-hydrogen) atoms. The second kappa shape index (κ2) is 8.95. The van der Waals surface area contributed by atoms with Crippen LogP contribution in [0, 0.1) is 6.92 Å². The van der Waals surface area contributed by atoms with Crippen molar-refractivity contribution < 1.29 is 9.53 Å². The lowest BCUT2D eigenvalue weighted by Crippen LogP contribution is -2.40. The Kier molecular flexibility index (Phi) is 5.83. The van der Waals surface area contributed by atoms with E-state index in [0.29, 0.717) is 27.3 Å². The van der Waals surface area contributed by atoms with Gasteiger partial charge in [-0.3, -0.25) is 14.2 Å². The number of nitrogens with zero attached hydrogens (tertiary/aromatic N) is 2. The van der Waals surface area contributed by atoms with Crippen LogP contribution in [0.4, 0.5) is 5.69 Å². The molecule has 8 heteroatoms. The minimum Gasteiger partial charge on any atom is -0.497 e. The van der Waals surface area contributed by atoms with Crippen molar-refractivity contribution in [3.05, 3.63) is 85.4 Å². The van der Waals surface area contributed by atoms with Crippen LogP contribution in [0.3, 0.4) is 0 Å². The van der Waals surface area contributed by atoms with Crippen LogP contribution in [0.15, 0.2) is 58.1 Å². The van der Waals surface area contributed by atoms with Crippen LogP contribution < -0.4 is 21.3 Å². The van der Waals surface area contributed by atoms with Crippen LogP contribution in [-0.4, -0.2) is 22.2 Å². The predicted octanol–water partition coefficient (Wildman–Crippen LogP) is 4.05. The average Bonchev–Trinajstić information content (AvgIpc) is 3.23. The first-order valence-electron chi connectivity index (χ1n) is 11.3. The Morgan fingerprint density at radius 2 is 1.79 bits per heavy atom. The number of amides is 1. The van der Waals surface area contributed by atoms with E-state index in [1.165, 1.54) is 20.5 Å². The smallest absolute Gasteiger partial charge is 0.337 e. The van der Waals surface area contributed by atoms with Gasteiger partial charge >= 0.3 is 5.69 Å². The molecular formula is C26H25N3O4S. The minimum absolute atomic E-state index is 0.181. The normalized spacial score (nSPS) is 13.0. The summed E-state index contributed by atoms with van der Waals surface area (Å²) in [5, 5.41) is 3.46. The van der Waals surface area contributed by atoms with Gasteiger partial charge < -0.3 is 10.1 Å². The van der Waals surface area contributed by atoms with E-state index in [9.17, 15) is 14.4 Å². The third-order valence-corrected chi connectivity index (χ3v) is 7.60. The number of carbonyl (C=O) groups excluding carboxylic acids is 1. The van der Waals surface area contributed by atoms with Crippen molar-refractivity contribution in [3.8, 4) is 11.4 Å². The molecule has 1 aliphatic carbocycles. The number of aryl methyl sites for hydroxylation is 3. The van der Waals surface area contributed by atoms with Gasteiger partial charge in [0.1, 0.15) is 17.1 Å². The average molecular weight is 476 g/mol. The van der Waals surface area contributed by atoms with E-state index >= 15 is 0 Å². The quantitative estimate of drug-likeness (QED) is 0.472. The second-order valence-electron chi connectivity index (χ2n) is 8.46. The number of ether oxygens (including phenoxy) is 1. The summed E-state index contributed by atoms with van der Waals surface area (Å²) in [7, 11) is 1.56. The van der Waals surface area contributed by atoms with Crippen LogP contribution in [-0.2, 0) is 24.2 Å². The number of rotatable bonds is 5. The molecular weight excluding hydrogens is 450 g/mol. The zero-order valence-corrected chi connectivity index (χ0v) is 19.9. The first kappa shape index (κ1) is 22.2. The van der Waals surface area contributed by atoms with E-state index in [4.69, 9.17) is 4.74 Å². The summed E-state index contributed by atoms with van der Waals surface area (Å²) in [6.45, 7) is 1.73. The molecule has 0 saturated carbocycles. The Morgan fingerprint density at radius 3 is 2.53 bits per heavy atom. The molecule has 5 rings (SSSR count). The van der Waals surface area contributed by atoms with E-state index in [-0.39, 0.29) is 18.0 Å². The summed E-state index contributed by atoms with van der Waals surface area (Å²) in [6.07, 6.45) is 3.76. The Hall–Kier alpha value is -3.65. The molecule has 4 aromatic rings. The van der Waals surface area contributed by atoms with Crippen molar-refractivity contribution in [2.75, 3.05) is 12.4 Å². The Bertz CT molecular complexity index is 1510. The highest BCUT2D eigenvalue weighted by Gasteiger charge is 2.25. The van der Waals surface area contributed by atoms with Crippen LogP contribution in [0.25, 0.3) is 15.9 Å². The summed E-state index contributed by atoms with van der Waals surface area (Å²) in [4.78, 5) is 42.0. The number of fused-ring (bicyclic) bond motifs is 3. The number of aromatic nitrogens is 2. The molecule has 2 aromatic carbocycles. The van der Waals surface area contributed by atoms with Crippen molar-refractivity contribution in [3.63, 3.8) is 0 Å². The van der Waals surface area contributed by atoms with Crippen LogP contribution >= 0.6 is 11.3 Å². The number of thiophene rings is 1. The molecule has 1 aliphatic rings. The van der Waals surface area contributed by atoms with Crippen LogP contribution in [0.5, 0.6) is 5.75 Å². The number of nitrogens with one attached hydrogen (secondary N) is 1. The van der Waals surface area contributed by atoms with Gasteiger partial charge in [-0.05, 0) is 74.1 Å². The molecule has 2 heterocycles. The van der Waals surface area contributed by atoms with Crippen molar-refractivity contribution in [2.45, 2.75) is 39.2 Å². The number of para-hydroxylation sites is 1. The van der Waals surface area contributed by atoms with E-state index in [2.05, 4.69) is 5.32 Å². The van der Waals surface area contributed by atoms with E-state index < -0.39 is 5.69 Å². The molecule has 0 radical (unpaired) electrons. The van der Waals surface area contributed by atoms with Crippen molar-refractivity contribution in [1.82, 2.24) is 9.13 Å². The van der Waals surface area contributed by atoms with Crippen molar-refractivity contribution in [2.24, 2.45) is 0 Å². The third kappa shape index (κ3) is 3.84. The predicted molar refractivity (Wildman–Crippen MR) is 135 cm³/mol. The van der Waals surface area contributed by atoms with Gasteiger partial charge in [0, 0.05) is 10.6 Å². The Labute approximate surface area is 200 Å². The van der Waals surface area contributed by atoms with Crippen molar-refractivity contribution in [1.29, 1.82) is 0 Å². The maximum Gasteiger partial charge on any atom is 0.337 e. The number of benzene rings is 2. The second-order valence-corrected chi connectivity index (χ2v) is 9.55. The molecule has 0 spiro atoms. The van der Waals surface area contributed by atoms with Crippen LogP contribution in [0.1, 0.15) is 28.8 Å². The van der Waals surface area contributed by atoms with E-state index in [1.807, 2.05) is 31.2 Å². The highest BCUT2D eigenvalue weighted by molar-refractivity contribution is 7.18. The lowest BCUT2D eigenvalue weighted by atomic mass is 9.97. The first-order valence-corrected chi connectivity index (χ1v) is 12.1. The number of hydrogen-bond donors (Lipinski definition) is 1. The van der Waals surface area contributed by atoms with Gasteiger partial charge in [-0.2, -0.15) is 0 Å². The number of methoxy groups -OCH3 is 1. The fourth-order valence-corrected chi connectivity index (χ4v) is 5.89. The van der Waals surface area contributed by atoms with E-state index in [0.717, 1.165) is 41.7 Å². The third-order valence-electron chi connectivity index (χ3n) is 6.29.